The smallest absolute Gasteiger partial charge is 0.118 e. The Morgan fingerprint density at radius 3 is 2.58 bits per heavy atom. The van der Waals surface area contributed by atoms with Gasteiger partial charge in [-0.3, -0.25) is 0 Å². The Bertz CT molecular complexity index is 611. The van der Waals surface area contributed by atoms with E-state index in [1.54, 1.807) is 12.1 Å². The van der Waals surface area contributed by atoms with Crippen LogP contribution in [0.2, 0.25) is 10.0 Å². The molecule has 100 valence electrons. The lowest BCUT2D eigenvalue weighted by atomic mass is 10.1. The molecule has 2 nitrogen and oxygen atoms in total. The number of aromatic hydroxyl groups is 1. The van der Waals surface area contributed by atoms with Crippen LogP contribution in [-0.4, -0.2) is 5.11 Å². The maximum atomic E-state index is 9.62. The van der Waals surface area contributed by atoms with Gasteiger partial charge in [0.1, 0.15) is 5.75 Å². The van der Waals surface area contributed by atoms with Crippen molar-refractivity contribution in [3.8, 4) is 5.75 Å². The van der Waals surface area contributed by atoms with Crippen LogP contribution in [0.15, 0.2) is 30.3 Å². The fourth-order valence-electron chi connectivity index (χ4n) is 1.87. The summed E-state index contributed by atoms with van der Waals surface area (Å²) in [7, 11) is 0. The van der Waals surface area contributed by atoms with Gasteiger partial charge in [-0.25, -0.2) is 0 Å². The number of benzene rings is 2. The molecule has 19 heavy (non-hydrogen) atoms. The molecule has 0 radical (unpaired) electrons. The molecule has 2 N–H and O–H groups in total. The summed E-state index contributed by atoms with van der Waals surface area (Å²) < 4.78 is 0. The van der Waals surface area contributed by atoms with Crippen LogP contribution in [0.3, 0.4) is 0 Å². The number of phenols is 1. The molecule has 0 aliphatic rings. The Balaban J connectivity index is 2.19. The van der Waals surface area contributed by atoms with E-state index < -0.39 is 0 Å². The van der Waals surface area contributed by atoms with Crippen molar-refractivity contribution in [1.82, 2.24) is 0 Å². The molecule has 2 rings (SSSR count). The summed E-state index contributed by atoms with van der Waals surface area (Å²) in [5.41, 5.74) is 3.75. The zero-order valence-corrected chi connectivity index (χ0v) is 12.3. The van der Waals surface area contributed by atoms with Crippen molar-refractivity contribution in [2.75, 3.05) is 5.32 Å². The standard InChI is InChI=1S/C15H15Cl2NO/c1-9-7-14(19)10(2)6-13(9)18-8-11-4-3-5-12(16)15(11)17/h3-7,18-19H,8H2,1-2H3. The van der Waals surface area contributed by atoms with E-state index >= 15 is 0 Å². The number of aryl methyl sites for hydroxylation is 2. The molecule has 0 aliphatic carbocycles. The lowest BCUT2D eigenvalue weighted by molar-refractivity contribution is 0.471. The second-order valence-corrected chi connectivity index (χ2v) is 5.31. The molecule has 0 saturated carbocycles. The molecule has 2 aromatic rings. The van der Waals surface area contributed by atoms with E-state index in [9.17, 15) is 5.11 Å². The van der Waals surface area contributed by atoms with E-state index in [-0.39, 0.29) is 0 Å². The second-order valence-electron chi connectivity index (χ2n) is 4.52. The van der Waals surface area contributed by atoms with Crippen LogP contribution in [-0.2, 0) is 6.54 Å². The highest BCUT2D eigenvalue weighted by molar-refractivity contribution is 6.42. The summed E-state index contributed by atoms with van der Waals surface area (Å²) in [6, 6.07) is 9.24. The highest BCUT2D eigenvalue weighted by Gasteiger charge is 2.06. The lowest BCUT2D eigenvalue weighted by Crippen LogP contribution is -2.02. The molecule has 2 aromatic carbocycles. The molecule has 0 heterocycles. The average molecular weight is 296 g/mol. The molecule has 0 fully saturated rings. The van der Waals surface area contributed by atoms with Crippen LogP contribution < -0.4 is 5.32 Å². The fourth-order valence-corrected chi connectivity index (χ4v) is 2.25. The molecular formula is C15H15Cl2NO. The molecule has 4 heteroatoms. The van der Waals surface area contributed by atoms with Gasteiger partial charge in [0.15, 0.2) is 0 Å². The first-order valence-corrected chi connectivity index (χ1v) is 6.71. The monoisotopic (exact) mass is 295 g/mol. The Morgan fingerprint density at radius 2 is 1.84 bits per heavy atom. The van der Waals surface area contributed by atoms with Crippen molar-refractivity contribution in [2.24, 2.45) is 0 Å². The topological polar surface area (TPSA) is 32.3 Å². The van der Waals surface area contributed by atoms with Crippen molar-refractivity contribution < 1.29 is 5.11 Å². The van der Waals surface area contributed by atoms with Gasteiger partial charge < -0.3 is 10.4 Å². The third-order valence-corrected chi connectivity index (χ3v) is 3.90. The van der Waals surface area contributed by atoms with Crippen LogP contribution in [0.5, 0.6) is 5.75 Å². The number of phenolic OH excluding ortho intramolecular Hbond substituents is 1. The first kappa shape index (κ1) is 14.0. The molecule has 0 unspecified atom stereocenters. The van der Waals surface area contributed by atoms with Gasteiger partial charge in [-0.1, -0.05) is 35.3 Å². The van der Waals surface area contributed by atoms with Gasteiger partial charge in [-0.05, 0) is 48.7 Å². The fraction of sp³-hybridized carbons (Fsp3) is 0.200. The summed E-state index contributed by atoms with van der Waals surface area (Å²) in [4.78, 5) is 0. The second kappa shape index (κ2) is 5.72. The van der Waals surface area contributed by atoms with Crippen LogP contribution in [0.25, 0.3) is 0 Å². The predicted molar refractivity (Wildman–Crippen MR) is 81.4 cm³/mol. The normalized spacial score (nSPS) is 10.5. The summed E-state index contributed by atoms with van der Waals surface area (Å²) in [5.74, 6) is 0.309. The summed E-state index contributed by atoms with van der Waals surface area (Å²) in [6.45, 7) is 4.40. The molecule has 0 amide bonds. The van der Waals surface area contributed by atoms with Crippen molar-refractivity contribution in [3.63, 3.8) is 0 Å². The van der Waals surface area contributed by atoms with E-state index in [0.29, 0.717) is 22.3 Å². The maximum Gasteiger partial charge on any atom is 0.118 e. The molecule has 0 spiro atoms. The third-order valence-electron chi connectivity index (χ3n) is 3.04. The van der Waals surface area contributed by atoms with Gasteiger partial charge in [-0.15, -0.1) is 0 Å². The van der Waals surface area contributed by atoms with Crippen molar-refractivity contribution in [1.29, 1.82) is 0 Å². The van der Waals surface area contributed by atoms with Gasteiger partial charge in [0.2, 0.25) is 0 Å². The Labute approximate surface area is 123 Å². The number of rotatable bonds is 3. The van der Waals surface area contributed by atoms with E-state index in [1.165, 1.54) is 0 Å². The van der Waals surface area contributed by atoms with E-state index in [0.717, 1.165) is 22.4 Å². The summed E-state index contributed by atoms with van der Waals surface area (Å²) in [6.07, 6.45) is 0. The van der Waals surface area contributed by atoms with Crippen molar-refractivity contribution in [2.45, 2.75) is 20.4 Å². The highest BCUT2D eigenvalue weighted by atomic mass is 35.5. The van der Waals surface area contributed by atoms with Crippen molar-refractivity contribution in [3.05, 3.63) is 57.1 Å². The van der Waals surface area contributed by atoms with Gasteiger partial charge in [0, 0.05) is 12.2 Å². The first-order chi connectivity index (χ1) is 8.99. The minimum absolute atomic E-state index is 0.309. The van der Waals surface area contributed by atoms with Crippen LogP contribution in [0.4, 0.5) is 5.69 Å². The van der Waals surface area contributed by atoms with Crippen LogP contribution >= 0.6 is 23.2 Å². The van der Waals surface area contributed by atoms with Gasteiger partial charge >= 0.3 is 0 Å². The zero-order valence-electron chi connectivity index (χ0n) is 10.8. The van der Waals surface area contributed by atoms with Crippen molar-refractivity contribution >= 4 is 28.9 Å². The number of hydrogen-bond acceptors (Lipinski definition) is 2. The average Bonchev–Trinajstić information content (AvgIpc) is 2.37. The van der Waals surface area contributed by atoms with E-state index in [1.807, 2.05) is 32.0 Å². The number of nitrogens with one attached hydrogen (secondary N) is 1. The number of halogens is 2. The lowest BCUT2D eigenvalue weighted by Gasteiger charge is -2.13. The molecule has 0 atom stereocenters. The molecule has 0 aromatic heterocycles. The van der Waals surface area contributed by atoms with E-state index in [2.05, 4.69) is 5.32 Å². The number of anilines is 1. The first-order valence-electron chi connectivity index (χ1n) is 5.96. The quantitative estimate of drug-likeness (QED) is 0.787. The van der Waals surface area contributed by atoms with Crippen LogP contribution in [0, 0.1) is 13.8 Å². The van der Waals surface area contributed by atoms with Crippen LogP contribution in [0.1, 0.15) is 16.7 Å². The molecule has 0 bridgehead atoms. The summed E-state index contributed by atoms with van der Waals surface area (Å²) in [5, 5.41) is 14.1. The highest BCUT2D eigenvalue weighted by Crippen LogP contribution is 2.28. The van der Waals surface area contributed by atoms with Gasteiger partial charge in [0.05, 0.1) is 10.0 Å². The third kappa shape index (κ3) is 3.14. The van der Waals surface area contributed by atoms with E-state index in [4.69, 9.17) is 23.2 Å². The largest absolute Gasteiger partial charge is 0.508 e. The molecule has 0 aliphatic heterocycles. The Kier molecular flexibility index (Phi) is 4.23. The summed E-state index contributed by atoms with van der Waals surface area (Å²) >= 11 is 12.1. The number of hydrogen-bond donors (Lipinski definition) is 2. The predicted octanol–water partition coefficient (Wildman–Crippen LogP) is 4.93. The Hall–Kier alpha value is -1.38. The van der Waals surface area contributed by atoms with Gasteiger partial charge in [-0.2, -0.15) is 0 Å². The molecular weight excluding hydrogens is 281 g/mol. The van der Waals surface area contributed by atoms with Gasteiger partial charge in [0.25, 0.3) is 0 Å². The zero-order chi connectivity index (χ0) is 14.0. The molecule has 0 saturated heterocycles. The minimum atomic E-state index is 0.309. The maximum absolute atomic E-state index is 9.62. The Morgan fingerprint density at radius 1 is 1.11 bits per heavy atom. The minimum Gasteiger partial charge on any atom is -0.508 e. The SMILES string of the molecule is Cc1cc(NCc2cccc(Cl)c2Cl)c(C)cc1O.